The van der Waals surface area contributed by atoms with E-state index in [0.717, 1.165) is 39.9 Å². The fourth-order valence-corrected chi connectivity index (χ4v) is 5.41. The molecule has 0 aliphatic carbocycles. The number of pyridine rings is 1. The zero-order chi connectivity index (χ0) is 22.7. The van der Waals surface area contributed by atoms with E-state index in [4.69, 9.17) is 10.5 Å². The van der Waals surface area contributed by atoms with Gasteiger partial charge < -0.3 is 15.8 Å². The summed E-state index contributed by atoms with van der Waals surface area (Å²) in [7, 11) is 0. The zero-order valence-electron chi connectivity index (χ0n) is 17.8. The first-order chi connectivity index (χ1) is 15.5. The van der Waals surface area contributed by atoms with Crippen molar-refractivity contribution in [2.24, 2.45) is 0 Å². The third-order valence-electron chi connectivity index (χ3n) is 4.95. The van der Waals surface area contributed by atoms with E-state index < -0.39 is 5.97 Å². The number of nitrogens with zero attached hydrogens (tertiary/aromatic N) is 1. The van der Waals surface area contributed by atoms with Gasteiger partial charge in [0.05, 0.1) is 12.3 Å². The molecule has 3 aromatic heterocycles. The van der Waals surface area contributed by atoms with E-state index in [-0.39, 0.29) is 12.5 Å². The molecule has 0 saturated heterocycles. The molecule has 0 spiro atoms. The second-order valence-corrected chi connectivity index (χ2v) is 9.02. The van der Waals surface area contributed by atoms with Gasteiger partial charge in [0.1, 0.15) is 20.3 Å². The quantitative estimate of drug-likeness (QED) is 0.327. The van der Waals surface area contributed by atoms with Crippen LogP contribution >= 0.6 is 22.7 Å². The number of fused-ring (bicyclic) bond motifs is 1. The number of esters is 1. The molecule has 8 heteroatoms. The van der Waals surface area contributed by atoms with Gasteiger partial charge in [0.2, 0.25) is 0 Å². The number of aromatic nitrogens is 1. The maximum absolute atomic E-state index is 13.1. The van der Waals surface area contributed by atoms with E-state index in [0.29, 0.717) is 21.1 Å². The number of nitrogen functional groups attached to an aromatic ring is 1. The number of rotatable bonds is 7. The smallest absolute Gasteiger partial charge is 0.341 e. The Morgan fingerprint density at radius 3 is 2.62 bits per heavy atom. The summed E-state index contributed by atoms with van der Waals surface area (Å²) in [4.78, 5) is 31.6. The Bertz CT molecular complexity index is 1280. The molecule has 0 radical (unpaired) electrons. The van der Waals surface area contributed by atoms with E-state index in [1.54, 1.807) is 6.92 Å². The van der Waals surface area contributed by atoms with Crippen molar-refractivity contribution in [2.45, 2.75) is 26.7 Å². The summed E-state index contributed by atoms with van der Waals surface area (Å²) in [6.07, 6.45) is 1.86. The van der Waals surface area contributed by atoms with Crippen molar-refractivity contribution in [3.05, 3.63) is 64.0 Å². The van der Waals surface area contributed by atoms with Gasteiger partial charge in [-0.15, -0.1) is 22.7 Å². The molecular weight excluding hydrogens is 442 g/mol. The summed E-state index contributed by atoms with van der Waals surface area (Å²) >= 11 is 2.54. The van der Waals surface area contributed by atoms with Crippen LogP contribution in [0.15, 0.2) is 47.8 Å². The number of ether oxygens (including phenoxy) is 1. The number of carbonyl (C=O) groups excluding carboxylic acids is 2. The number of amides is 1. The molecule has 4 rings (SSSR count). The van der Waals surface area contributed by atoms with E-state index in [1.165, 1.54) is 22.7 Å². The minimum absolute atomic E-state index is 0.241. The number of hydrogen-bond acceptors (Lipinski definition) is 7. The van der Waals surface area contributed by atoms with Crippen molar-refractivity contribution in [2.75, 3.05) is 17.7 Å². The molecule has 4 aromatic rings. The highest BCUT2D eigenvalue weighted by Gasteiger charge is 2.25. The summed E-state index contributed by atoms with van der Waals surface area (Å²) in [5.41, 5.74) is 9.60. The van der Waals surface area contributed by atoms with Crippen molar-refractivity contribution >= 4 is 55.5 Å². The minimum Gasteiger partial charge on any atom is -0.462 e. The summed E-state index contributed by atoms with van der Waals surface area (Å²) in [6, 6.07) is 13.4. The van der Waals surface area contributed by atoms with Gasteiger partial charge in [-0.3, -0.25) is 4.79 Å². The van der Waals surface area contributed by atoms with Crippen molar-refractivity contribution in [3.8, 4) is 11.1 Å². The second-order valence-electron chi connectivity index (χ2n) is 7.14. The highest BCUT2D eigenvalue weighted by atomic mass is 32.1. The lowest BCUT2D eigenvalue weighted by molar-refractivity contribution is 0.0529. The summed E-state index contributed by atoms with van der Waals surface area (Å²) in [5, 5.41) is 5.93. The molecule has 3 heterocycles. The number of thiophene rings is 2. The van der Waals surface area contributed by atoms with Gasteiger partial charge in [-0.2, -0.15) is 0 Å². The molecular formula is C24H23N3O3S2. The van der Waals surface area contributed by atoms with Gasteiger partial charge in [-0.1, -0.05) is 43.7 Å². The monoisotopic (exact) mass is 465 g/mol. The van der Waals surface area contributed by atoms with E-state index in [1.807, 2.05) is 47.8 Å². The minimum atomic E-state index is -0.474. The van der Waals surface area contributed by atoms with Crippen molar-refractivity contribution in [1.82, 2.24) is 4.98 Å². The van der Waals surface area contributed by atoms with Crippen LogP contribution in [0.1, 0.15) is 46.0 Å². The third-order valence-corrected chi connectivity index (χ3v) is 6.96. The number of nitrogens with one attached hydrogen (secondary N) is 1. The van der Waals surface area contributed by atoms with Crippen molar-refractivity contribution in [3.63, 3.8) is 0 Å². The molecule has 1 aromatic carbocycles. The third kappa shape index (κ3) is 4.24. The molecule has 0 saturated carbocycles. The Kier molecular flexibility index (Phi) is 6.53. The number of anilines is 2. The van der Waals surface area contributed by atoms with Crippen LogP contribution in [0.4, 0.5) is 10.7 Å². The number of aryl methyl sites for hydroxylation is 1. The van der Waals surface area contributed by atoms with E-state index in [2.05, 4.69) is 17.2 Å². The number of carbonyl (C=O) groups is 2. The maximum atomic E-state index is 13.1. The molecule has 0 aliphatic heterocycles. The standard InChI is InChI=1S/C24H23N3O3S2/c1-3-8-15-11-12-16-19(25)20(32-22(16)26-15)21(28)27-23-18(24(29)30-4-2)17(13-31-23)14-9-6-5-7-10-14/h5-7,9-13H,3-4,8,25H2,1-2H3,(H,27,28). The molecule has 3 N–H and O–H groups in total. The van der Waals surface area contributed by atoms with Crippen LogP contribution in [-0.4, -0.2) is 23.5 Å². The van der Waals surface area contributed by atoms with Crippen molar-refractivity contribution in [1.29, 1.82) is 0 Å². The van der Waals surface area contributed by atoms with Gasteiger partial charge in [0, 0.05) is 22.0 Å². The first kappa shape index (κ1) is 22.0. The Balaban J connectivity index is 1.69. The fourth-order valence-electron chi connectivity index (χ4n) is 3.45. The SMILES string of the molecule is CCCc1ccc2c(N)c(C(=O)Nc3scc(-c4ccccc4)c3C(=O)OCC)sc2n1. The molecule has 0 atom stereocenters. The predicted octanol–water partition coefficient (Wildman–Crippen LogP) is 5.99. The maximum Gasteiger partial charge on any atom is 0.341 e. The normalized spacial score (nSPS) is 10.9. The molecule has 0 bridgehead atoms. The van der Waals surface area contributed by atoms with Gasteiger partial charge >= 0.3 is 5.97 Å². The Labute approximate surface area is 194 Å². The number of benzene rings is 1. The van der Waals surface area contributed by atoms with Crippen LogP contribution < -0.4 is 11.1 Å². The predicted molar refractivity (Wildman–Crippen MR) is 132 cm³/mol. The number of hydrogen-bond donors (Lipinski definition) is 2. The van der Waals surface area contributed by atoms with Crippen LogP contribution in [0.5, 0.6) is 0 Å². The average Bonchev–Trinajstić information content (AvgIpc) is 3.36. The average molecular weight is 466 g/mol. The molecule has 6 nitrogen and oxygen atoms in total. The van der Waals surface area contributed by atoms with Gasteiger partial charge in [-0.25, -0.2) is 9.78 Å². The van der Waals surface area contributed by atoms with Gasteiger partial charge in [0.15, 0.2) is 0 Å². The van der Waals surface area contributed by atoms with Crippen molar-refractivity contribution < 1.29 is 14.3 Å². The summed E-state index contributed by atoms with van der Waals surface area (Å²) in [5.74, 6) is -0.840. The lowest BCUT2D eigenvalue weighted by Gasteiger charge is -2.08. The van der Waals surface area contributed by atoms with Crippen LogP contribution in [-0.2, 0) is 11.2 Å². The van der Waals surface area contributed by atoms with E-state index >= 15 is 0 Å². The molecule has 0 fully saturated rings. The van der Waals surface area contributed by atoms with E-state index in [9.17, 15) is 9.59 Å². The first-order valence-corrected chi connectivity index (χ1v) is 12.1. The zero-order valence-corrected chi connectivity index (χ0v) is 19.4. The first-order valence-electron chi connectivity index (χ1n) is 10.4. The summed E-state index contributed by atoms with van der Waals surface area (Å²) < 4.78 is 5.27. The van der Waals surface area contributed by atoms with Crippen LogP contribution in [0.2, 0.25) is 0 Å². The number of nitrogens with two attached hydrogens (primary N) is 1. The summed E-state index contributed by atoms with van der Waals surface area (Å²) in [6.45, 7) is 4.09. The molecule has 164 valence electrons. The van der Waals surface area contributed by atoms with Crippen LogP contribution in [0.25, 0.3) is 21.3 Å². The lowest BCUT2D eigenvalue weighted by atomic mass is 10.0. The highest BCUT2D eigenvalue weighted by molar-refractivity contribution is 7.21. The lowest BCUT2D eigenvalue weighted by Crippen LogP contribution is -2.14. The van der Waals surface area contributed by atoms with Gasteiger partial charge in [0.25, 0.3) is 5.91 Å². The Hall–Kier alpha value is -3.23. The highest BCUT2D eigenvalue weighted by Crippen LogP contribution is 2.38. The largest absolute Gasteiger partial charge is 0.462 e. The Morgan fingerprint density at radius 2 is 1.91 bits per heavy atom. The second kappa shape index (κ2) is 9.50. The van der Waals surface area contributed by atoms with Crippen LogP contribution in [0, 0.1) is 0 Å². The van der Waals surface area contributed by atoms with Gasteiger partial charge in [-0.05, 0) is 31.0 Å². The molecule has 0 aliphatic rings. The topological polar surface area (TPSA) is 94.3 Å². The fraction of sp³-hybridized carbons (Fsp3) is 0.208. The Morgan fingerprint density at radius 1 is 1.12 bits per heavy atom. The molecule has 1 amide bonds. The molecule has 0 unspecified atom stereocenters. The van der Waals surface area contributed by atoms with Crippen LogP contribution in [0.3, 0.4) is 0 Å². The molecule has 32 heavy (non-hydrogen) atoms.